The van der Waals surface area contributed by atoms with E-state index < -0.39 is 6.04 Å². The van der Waals surface area contributed by atoms with Gasteiger partial charge in [-0.2, -0.15) is 0 Å². The van der Waals surface area contributed by atoms with Gasteiger partial charge in [-0.3, -0.25) is 9.59 Å². The van der Waals surface area contributed by atoms with E-state index in [1.807, 2.05) is 0 Å². The molecule has 0 saturated heterocycles. The Morgan fingerprint density at radius 1 is 0.969 bits per heavy atom. The molecule has 1 atom stereocenters. The highest BCUT2D eigenvalue weighted by Gasteiger charge is 2.28. The van der Waals surface area contributed by atoms with Crippen molar-refractivity contribution in [2.75, 3.05) is 0 Å². The number of carbonyl (C=O) groups is 2. The third-order valence-corrected chi connectivity index (χ3v) is 6.41. The van der Waals surface area contributed by atoms with Crippen molar-refractivity contribution >= 4 is 11.8 Å². The fourth-order valence-corrected chi connectivity index (χ4v) is 4.23. The van der Waals surface area contributed by atoms with Gasteiger partial charge in [0.25, 0.3) is 0 Å². The van der Waals surface area contributed by atoms with Crippen molar-refractivity contribution in [3.8, 4) is 0 Å². The molecular weight excluding hydrogens is 403 g/mol. The van der Waals surface area contributed by atoms with Crippen LogP contribution in [0.2, 0.25) is 0 Å². The molecule has 172 valence electrons. The van der Waals surface area contributed by atoms with Crippen LogP contribution in [0.4, 0.5) is 4.39 Å². The highest BCUT2D eigenvalue weighted by Crippen LogP contribution is 2.20. The molecule has 5 heteroatoms. The quantitative estimate of drug-likeness (QED) is 0.573. The first-order chi connectivity index (χ1) is 15.3. The number of rotatable bonds is 9. The van der Waals surface area contributed by atoms with Crippen molar-refractivity contribution in [2.24, 2.45) is 0 Å². The van der Waals surface area contributed by atoms with E-state index in [0.717, 1.165) is 36.8 Å². The molecule has 32 heavy (non-hydrogen) atoms. The maximum Gasteiger partial charge on any atom is 0.242 e. The fourth-order valence-electron chi connectivity index (χ4n) is 4.23. The highest BCUT2D eigenvalue weighted by atomic mass is 19.1. The molecule has 4 nitrogen and oxygen atoms in total. The van der Waals surface area contributed by atoms with Crippen LogP contribution >= 0.6 is 0 Å². The summed E-state index contributed by atoms with van der Waals surface area (Å²) in [7, 11) is 0. The zero-order valence-corrected chi connectivity index (χ0v) is 19.4. The highest BCUT2D eigenvalue weighted by molar-refractivity contribution is 5.87. The maximum absolute atomic E-state index is 13.3. The number of halogens is 1. The molecule has 0 spiro atoms. The topological polar surface area (TPSA) is 49.4 Å². The summed E-state index contributed by atoms with van der Waals surface area (Å²) in [6, 6.07) is 14.1. The summed E-state index contributed by atoms with van der Waals surface area (Å²) in [6.07, 6.45) is 5.20. The van der Waals surface area contributed by atoms with E-state index >= 15 is 0 Å². The number of nitrogens with one attached hydrogen (secondary N) is 1. The zero-order chi connectivity index (χ0) is 23.1. The summed E-state index contributed by atoms with van der Waals surface area (Å²) in [4.78, 5) is 27.7. The van der Waals surface area contributed by atoms with Crippen LogP contribution in [0.15, 0.2) is 48.5 Å². The SMILES string of the molecule is CC(C)c1ccc(CCC(=O)N(Cc2ccc(F)cc2)C(C)C(=O)NC2CCCC2)cc1. The third-order valence-electron chi connectivity index (χ3n) is 6.41. The molecule has 1 unspecified atom stereocenters. The molecule has 1 saturated carbocycles. The van der Waals surface area contributed by atoms with Gasteiger partial charge in [-0.15, -0.1) is 0 Å². The van der Waals surface area contributed by atoms with E-state index in [1.54, 1.807) is 24.0 Å². The van der Waals surface area contributed by atoms with Crippen LogP contribution in [0.1, 0.15) is 75.5 Å². The molecule has 0 aliphatic heterocycles. The van der Waals surface area contributed by atoms with E-state index in [0.29, 0.717) is 18.8 Å². The normalized spacial score (nSPS) is 15.0. The van der Waals surface area contributed by atoms with E-state index in [-0.39, 0.29) is 30.2 Å². The number of amides is 2. The summed E-state index contributed by atoms with van der Waals surface area (Å²) in [5.74, 6) is -0.0374. The van der Waals surface area contributed by atoms with Crippen LogP contribution < -0.4 is 5.32 Å². The van der Waals surface area contributed by atoms with Crippen molar-refractivity contribution in [1.82, 2.24) is 10.2 Å². The van der Waals surface area contributed by atoms with E-state index in [2.05, 4.69) is 43.4 Å². The lowest BCUT2D eigenvalue weighted by Crippen LogP contribution is -2.49. The van der Waals surface area contributed by atoms with Gasteiger partial charge in [0.15, 0.2) is 0 Å². The predicted molar refractivity (Wildman–Crippen MR) is 126 cm³/mol. The second-order valence-electron chi connectivity index (χ2n) is 9.21. The monoisotopic (exact) mass is 438 g/mol. The lowest BCUT2D eigenvalue weighted by Gasteiger charge is -2.30. The molecule has 2 aromatic rings. The van der Waals surface area contributed by atoms with Gasteiger partial charge in [0.05, 0.1) is 0 Å². The first-order valence-corrected chi connectivity index (χ1v) is 11.8. The summed E-state index contributed by atoms with van der Waals surface area (Å²) in [5, 5.41) is 3.11. The second-order valence-corrected chi connectivity index (χ2v) is 9.21. The number of nitrogens with zero attached hydrogens (tertiary/aromatic N) is 1. The van der Waals surface area contributed by atoms with Gasteiger partial charge in [0, 0.05) is 19.0 Å². The Kier molecular flexibility index (Phi) is 8.43. The summed E-state index contributed by atoms with van der Waals surface area (Å²) in [5.41, 5.74) is 3.18. The maximum atomic E-state index is 13.3. The summed E-state index contributed by atoms with van der Waals surface area (Å²) < 4.78 is 13.3. The van der Waals surface area contributed by atoms with Gasteiger partial charge in [0.2, 0.25) is 11.8 Å². The lowest BCUT2D eigenvalue weighted by atomic mass is 10.00. The van der Waals surface area contributed by atoms with E-state index in [1.165, 1.54) is 17.7 Å². The molecule has 1 N–H and O–H groups in total. The zero-order valence-electron chi connectivity index (χ0n) is 19.4. The smallest absolute Gasteiger partial charge is 0.242 e. The Labute approximate surface area is 191 Å². The molecule has 0 radical (unpaired) electrons. The second kappa shape index (κ2) is 11.3. The van der Waals surface area contributed by atoms with Gasteiger partial charge >= 0.3 is 0 Å². The van der Waals surface area contributed by atoms with Gasteiger partial charge < -0.3 is 10.2 Å². The number of hydrogen-bond donors (Lipinski definition) is 1. The molecule has 1 aliphatic carbocycles. The molecule has 0 bridgehead atoms. The largest absolute Gasteiger partial charge is 0.352 e. The molecular formula is C27H35FN2O2. The molecule has 2 amide bonds. The van der Waals surface area contributed by atoms with Crippen LogP contribution in [-0.2, 0) is 22.6 Å². The van der Waals surface area contributed by atoms with Crippen LogP contribution in [-0.4, -0.2) is 28.8 Å². The van der Waals surface area contributed by atoms with Crippen molar-refractivity contribution < 1.29 is 14.0 Å². The van der Waals surface area contributed by atoms with Gasteiger partial charge in [-0.1, -0.05) is 63.1 Å². The Hall–Kier alpha value is -2.69. The summed E-state index contributed by atoms with van der Waals surface area (Å²) in [6.45, 7) is 6.38. The number of benzene rings is 2. The van der Waals surface area contributed by atoms with E-state index in [4.69, 9.17) is 0 Å². The minimum atomic E-state index is -0.587. The Balaban J connectivity index is 1.68. The van der Waals surface area contributed by atoms with Gasteiger partial charge in [0.1, 0.15) is 11.9 Å². The molecule has 1 aliphatic rings. The fraction of sp³-hybridized carbons (Fsp3) is 0.481. The molecule has 0 aromatic heterocycles. The number of aryl methyl sites for hydroxylation is 1. The molecule has 0 heterocycles. The lowest BCUT2D eigenvalue weighted by molar-refractivity contribution is -0.140. The number of hydrogen-bond acceptors (Lipinski definition) is 2. The van der Waals surface area contributed by atoms with Crippen molar-refractivity contribution in [3.63, 3.8) is 0 Å². The Morgan fingerprint density at radius 2 is 1.56 bits per heavy atom. The van der Waals surface area contributed by atoms with Crippen molar-refractivity contribution in [3.05, 3.63) is 71.0 Å². The minimum Gasteiger partial charge on any atom is -0.352 e. The van der Waals surface area contributed by atoms with Crippen LogP contribution in [0.5, 0.6) is 0 Å². The van der Waals surface area contributed by atoms with Crippen molar-refractivity contribution in [1.29, 1.82) is 0 Å². The molecule has 1 fully saturated rings. The average Bonchev–Trinajstić information content (AvgIpc) is 3.30. The van der Waals surface area contributed by atoms with Crippen LogP contribution in [0.3, 0.4) is 0 Å². The third kappa shape index (κ3) is 6.65. The first kappa shape index (κ1) is 24.0. The number of carbonyl (C=O) groups excluding carboxylic acids is 2. The minimum absolute atomic E-state index is 0.0728. The van der Waals surface area contributed by atoms with Crippen LogP contribution in [0.25, 0.3) is 0 Å². The van der Waals surface area contributed by atoms with E-state index in [9.17, 15) is 14.0 Å². The first-order valence-electron chi connectivity index (χ1n) is 11.8. The standard InChI is InChI=1S/C27H35FN2O2/c1-19(2)23-13-8-21(9-14-23)12-17-26(31)30(18-22-10-15-24(28)16-11-22)20(3)27(32)29-25-6-4-5-7-25/h8-11,13-16,19-20,25H,4-7,12,17-18H2,1-3H3,(H,29,32). The average molecular weight is 439 g/mol. The summed E-state index contributed by atoms with van der Waals surface area (Å²) >= 11 is 0. The van der Waals surface area contributed by atoms with Crippen LogP contribution in [0, 0.1) is 5.82 Å². The molecule has 2 aromatic carbocycles. The van der Waals surface area contributed by atoms with Crippen molar-refractivity contribution in [2.45, 2.75) is 83.8 Å². The van der Waals surface area contributed by atoms with Gasteiger partial charge in [-0.25, -0.2) is 4.39 Å². The predicted octanol–water partition coefficient (Wildman–Crippen LogP) is 5.36. The Bertz CT molecular complexity index is 887. The van der Waals surface area contributed by atoms with Gasteiger partial charge in [-0.05, 0) is 60.9 Å². The Morgan fingerprint density at radius 3 is 2.16 bits per heavy atom. The molecule has 3 rings (SSSR count).